The summed E-state index contributed by atoms with van der Waals surface area (Å²) < 4.78 is 4.95. The zero-order valence-corrected chi connectivity index (χ0v) is 90.0. The molecule has 0 spiro atoms. The van der Waals surface area contributed by atoms with Crippen molar-refractivity contribution in [3.63, 3.8) is 0 Å². The second-order valence-corrected chi connectivity index (χ2v) is 49.0. The molecule has 0 radical (unpaired) electrons. The Morgan fingerprint density at radius 2 is 0.326 bits per heavy atom. The Morgan fingerprint density at radius 3 is 0.507 bits per heavy atom. The van der Waals surface area contributed by atoms with Gasteiger partial charge in [0.05, 0.1) is 72.5 Å². The molecule has 710 valence electrons. The summed E-state index contributed by atoms with van der Waals surface area (Å²) in [5, 5.41) is 0. The summed E-state index contributed by atoms with van der Waals surface area (Å²) in [5.74, 6) is 0.886. The molecule has 21 aromatic carbocycles. The maximum absolute atomic E-state index is 4.95. The molecule has 10 heteroatoms. The second kappa shape index (κ2) is 55.4. The summed E-state index contributed by atoms with van der Waals surface area (Å²) in [4.78, 5) is 29.1. The highest BCUT2D eigenvalue weighted by Gasteiger charge is 2.35. The Labute approximate surface area is 888 Å². The molecular weight excluding hydrogens is 1910 g/mol. The van der Waals surface area contributed by atoms with E-state index in [2.05, 4.69) is 631 Å². The smallest absolute Gasteiger partial charge is 0.166 e. The van der Waals surface area contributed by atoms with Crippen molar-refractivity contribution in [1.29, 1.82) is 0 Å². The Kier molecular flexibility index (Phi) is 40.4. The molecule has 0 N–H and O–H groups in total. The van der Waals surface area contributed by atoms with E-state index in [1.54, 1.807) is 18.9 Å². The first kappa shape index (κ1) is 105. The van der Waals surface area contributed by atoms with Gasteiger partial charge in [-0.3, -0.25) is 0 Å². The first-order chi connectivity index (χ1) is 70.6. The molecule has 0 heterocycles. The van der Waals surface area contributed by atoms with Crippen molar-refractivity contribution < 1.29 is 4.74 Å². The number of rotatable bonds is 22. The van der Waals surface area contributed by atoms with Crippen molar-refractivity contribution >= 4 is 102 Å². The van der Waals surface area contributed by atoms with E-state index in [1.807, 2.05) is 24.3 Å². The van der Waals surface area contributed by atoms with Crippen molar-refractivity contribution in [3.05, 3.63) is 611 Å². The molecule has 0 aliphatic heterocycles. The largest absolute Gasteiger partial charge is 0.497 e. The highest BCUT2D eigenvalue weighted by Crippen LogP contribution is 2.40. The number of hydrogen-bond donors (Lipinski definition) is 0. The molecule has 1 nitrogen and oxygen atoms in total. The van der Waals surface area contributed by atoms with Crippen molar-refractivity contribution in [2.75, 3.05) is 7.11 Å². The van der Waals surface area contributed by atoms with Crippen LogP contribution < -0.4 is 4.74 Å². The molecule has 0 atom stereocenters. The van der Waals surface area contributed by atoms with Gasteiger partial charge in [0.15, 0.2) is 93.0 Å². The number of aryl methyl sites for hydroxylation is 3. The summed E-state index contributed by atoms with van der Waals surface area (Å²) in [5.41, 5.74) is 8.03. The van der Waals surface area contributed by atoms with Gasteiger partial charge in [-0.15, -0.1) is 0 Å². The van der Waals surface area contributed by atoms with Crippen LogP contribution >= 0.6 is 11.8 Å². The standard InChI is InChI=1S/C36H28S2.C24H19S2.C20H19S.C19H17S.C18H15S.C10H14S.C7H8OS/c1-5-13-31(14-6-1)37(32-15-7-2-8-16-32)35-25-21-29(22-26-35)30-23-27-36(28-24-30)38(33-17-9-3-10-18-33)34-19-11-4-12-20-34;1-4-10-20(11-5-1)25-21-16-18-24(19-17-21)26(22-12-6-2-7-13-22)23-14-8-3-9-15-23;1-16-8-12-19(13-9-16)21(18-6-4-3-5-7-18)20-14-10-17(2)11-15-20;1-16-12-14-19(15-13-16)20(17-8-4-2-5-9-17)18-10-6-3-7-11-18;1-4-10-16(11-5-1)19(17-12-6-2-7-13-17)18-14-8-3-9-15-18;1-10(2,3)8-4-6-9(11)7-5-8;1-8-6-2-4-7(9)5-3-6/h1-28H;1-19H;3-15H,1-2H3;2-15H,1H3;1-15H;4-7,11H,1-3H3;2-5,9H,1H3/q+2;4*+1;;/p+2. The van der Waals surface area contributed by atoms with Crippen LogP contribution in [-0.4, -0.2) is 7.11 Å². The Hall–Kier alpha value is -13.4. The third-order valence-corrected chi connectivity index (χ3v) is 38.0. The van der Waals surface area contributed by atoms with E-state index in [0.29, 0.717) is 0 Å². The maximum Gasteiger partial charge on any atom is 0.166 e. The molecule has 0 fully saturated rings. The lowest BCUT2D eigenvalue weighted by atomic mass is 9.87. The molecule has 0 unspecified atom stereocenters. The fourth-order valence-electron chi connectivity index (χ4n) is 15.5. The lowest BCUT2D eigenvalue weighted by Crippen LogP contribution is -2.10. The minimum Gasteiger partial charge on any atom is -0.497 e. The predicted molar refractivity (Wildman–Crippen MR) is 628 cm³/mol. The lowest BCUT2D eigenvalue weighted by molar-refractivity contribution is 0.414. The van der Waals surface area contributed by atoms with Crippen LogP contribution in [0.2, 0.25) is 0 Å². The van der Waals surface area contributed by atoms with Crippen molar-refractivity contribution in [3.8, 4) is 16.9 Å². The Morgan fingerprint density at radius 1 is 0.174 bits per heavy atom. The van der Waals surface area contributed by atoms with Crippen LogP contribution in [-0.2, 0) is 96.0 Å². The monoisotopic (exact) mass is 2030 g/mol. The molecule has 0 saturated carbocycles. The number of hydrogen-bond acceptors (Lipinski definition) is 2. The van der Waals surface area contributed by atoms with Gasteiger partial charge in [-0.1, -0.05) is 334 Å². The molecule has 0 aliphatic carbocycles. The zero-order chi connectivity index (χ0) is 99.7. The molecule has 0 bridgehead atoms. The fraction of sp³-hybridized carbons (Fsp3) is 0.0597. The van der Waals surface area contributed by atoms with Crippen LogP contribution in [0.1, 0.15) is 43.0 Å². The van der Waals surface area contributed by atoms with E-state index >= 15 is 0 Å². The Balaban J connectivity index is 0.000000132. The second-order valence-electron chi connectivity index (χ2n) is 34.5. The van der Waals surface area contributed by atoms with Gasteiger partial charge in [-0.25, -0.2) is 0 Å². The van der Waals surface area contributed by atoms with Crippen LogP contribution in [0.3, 0.4) is 0 Å². The zero-order valence-electron chi connectivity index (χ0n) is 82.3. The molecule has 0 saturated heterocycles. The molecular formula is C134H122OS9+8. The van der Waals surface area contributed by atoms with Crippen LogP contribution in [0.5, 0.6) is 5.75 Å². The van der Waals surface area contributed by atoms with Gasteiger partial charge in [-0.2, -0.15) is 0 Å². The quantitative estimate of drug-likeness (QED) is 0.0626. The van der Waals surface area contributed by atoms with Crippen LogP contribution in [0.4, 0.5) is 0 Å². The van der Waals surface area contributed by atoms with E-state index in [4.69, 9.17) is 4.74 Å². The lowest BCUT2D eigenvalue weighted by Gasteiger charge is -2.18. The van der Waals surface area contributed by atoms with Gasteiger partial charge >= 0.3 is 0 Å². The van der Waals surface area contributed by atoms with Crippen LogP contribution in [0, 0.1) is 20.8 Å². The van der Waals surface area contributed by atoms with Crippen LogP contribution in [0.25, 0.3) is 11.1 Å². The van der Waals surface area contributed by atoms with Gasteiger partial charge < -0.3 is 4.74 Å². The SMILES string of the molecule is CC(C)(C)c1ccc([SH2+])cc1.COc1ccc([SH2+])cc1.Cc1ccc([S+](c2ccccc2)c2ccc(C)cc2)cc1.Cc1ccc([S+](c2ccccc2)c2ccccc2)cc1.c1ccc(Sc2ccc([S+](c3ccccc3)c3ccccc3)cc2)cc1.c1ccc([S+](c2ccccc2)c2ccc(-c3ccc([S+](c4ccccc4)c4ccccc4)cc3)cc2)cc1.c1ccc([S+](c2ccccc2)c2ccccc2)cc1. The Bertz CT molecular complexity index is 6790. The normalized spacial score (nSPS) is 10.8. The summed E-state index contributed by atoms with van der Waals surface area (Å²) in [6.07, 6.45) is 0. The van der Waals surface area contributed by atoms with Gasteiger partial charge in [-0.05, 0) is 371 Å². The summed E-state index contributed by atoms with van der Waals surface area (Å²) >= 11 is 8.63. The predicted octanol–water partition coefficient (Wildman–Crippen LogP) is 35.2. The van der Waals surface area contributed by atoms with Gasteiger partial charge in [0.1, 0.15) is 10.6 Å². The molecule has 0 aliphatic rings. The molecule has 144 heavy (non-hydrogen) atoms. The summed E-state index contributed by atoms with van der Waals surface area (Å²) in [6, 6.07) is 210. The van der Waals surface area contributed by atoms with E-state index in [0.717, 1.165) is 15.5 Å². The minimum absolute atomic E-state index is 0.0146. The van der Waals surface area contributed by atoms with E-state index in [9.17, 15) is 0 Å². The van der Waals surface area contributed by atoms with Crippen molar-refractivity contribution in [2.24, 2.45) is 0 Å². The van der Waals surface area contributed by atoms with Crippen molar-refractivity contribution in [1.82, 2.24) is 0 Å². The van der Waals surface area contributed by atoms with Crippen molar-refractivity contribution in [2.45, 2.75) is 155 Å². The average molecular weight is 2040 g/mol. The van der Waals surface area contributed by atoms with Gasteiger partial charge in [0.2, 0.25) is 0 Å². The summed E-state index contributed by atoms with van der Waals surface area (Å²) in [6.45, 7) is 13.1. The molecule has 0 aromatic heterocycles. The highest BCUT2D eigenvalue weighted by molar-refractivity contribution is 7.99. The van der Waals surface area contributed by atoms with Gasteiger partial charge in [0.25, 0.3) is 0 Å². The molecule has 21 rings (SSSR count). The minimum atomic E-state index is -0.130. The fourth-order valence-corrected chi connectivity index (χ4v) is 29.2. The molecule has 21 aromatic rings. The topological polar surface area (TPSA) is 9.23 Å². The molecule has 0 amide bonds. The van der Waals surface area contributed by atoms with Gasteiger partial charge in [0, 0.05) is 9.79 Å². The number of methoxy groups -OCH3 is 1. The maximum atomic E-state index is 4.95. The number of benzene rings is 21. The highest BCUT2D eigenvalue weighted by atomic mass is 32.2. The van der Waals surface area contributed by atoms with E-state index < -0.39 is 0 Å². The van der Waals surface area contributed by atoms with Crippen LogP contribution in [0.15, 0.2) is 696 Å². The third kappa shape index (κ3) is 31.3. The first-order valence-electron chi connectivity index (χ1n) is 48.1. The number of ether oxygens (including phenoxy) is 1. The van der Waals surface area contributed by atoms with E-state index in [-0.39, 0.29) is 70.8 Å². The third-order valence-electron chi connectivity index (χ3n) is 22.9. The summed E-state index contributed by atoms with van der Waals surface area (Å²) in [7, 11) is 1.25. The average Bonchev–Trinajstić information content (AvgIpc) is 0.727. The van der Waals surface area contributed by atoms with E-state index in [1.165, 1.54) is 131 Å². The first-order valence-corrected chi connectivity index (χ1v) is 57.3.